The number of methoxy groups -OCH3 is 1. The molecule has 0 aliphatic heterocycles. The minimum atomic E-state index is -0.366. The Morgan fingerprint density at radius 3 is 2.79 bits per heavy atom. The number of rotatable bonds is 4. The van der Waals surface area contributed by atoms with Crippen molar-refractivity contribution in [2.24, 2.45) is 0 Å². The SMILES string of the molecule is COC(=O)c1ccccc1NC(C)c1cnccn1. The Labute approximate surface area is 111 Å². The molecule has 1 aromatic carbocycles. The highest BCUT2D eigenvalue weighted by molar-refractivity contribution is 5.95. The van der Waals surface area contributed by atoms with Crippen LogP contribution < -0.4 is 5.32 Å². The molecule has 98 valence electrons. The maximum absolute atomic E-state index is 11.7. The van der Waals surface area contributed by atoms with Crippen LogP contribution in [0.2, 0.25) is 0 Å². The van der Waals surface area contributed by atoms with Crippen molar-refractivity contribution in [2.45, 2.75) is 13.0 Å². The molecule has 5 nitrogen and oxygen atoms in total. The topological polar surface area (TPSA) is 64.1 Å². The van der Waals surface area contributed by atoms with Gasteiger partial charge in [0.05, 0.1) is 30.6 Å². The number of nitrogens with one attached hydrogen (secondary N) is 1. The number of anilines is 1. The van der Waals surface area contributed by atoms with Crippen LogP contribution in [0.5, 0.6) is 0 Å². The molecule has 2 rings (SSSR count). The summed E-state index contributed by atoms with van der Waals surface area (Å²) in [5, 5.41) is 3.24. The van der Waals surface area contributed by atoms with Crippen LogP contribution in [0.4, 0.5) is 5.69 Å². The van der Waals surface area contributed by atoms with Crippen molar-refractivity contribution in [3.63, 3.8) is 0 Å². The Bertz CT molecular complexity index is 558. The fraction of sp³-hybridized carbons (Fsp3) is 0.214. The fourth-order valence-electron chi connectivity index (χ4n) is 1.74. The third-order valence-corrected chi connectivity index (χ3v) is 2.73. The van der Waals surface area contributed by atoms with Gasteiger partial charge in [0.25, 0.3) is 0 Å². The van der Waals surface area contributed by atoms with Gasteiger partial charge in [0.15, 0.2) is 0 Å². The lowest BCUT2D eigenvalue weighted by molar-refractivity contribution is 0.0602. The van der Waals surface area contributed by atoms with E-state index in [1.54, 1.807) is 30.7 Å². The summed E-state index contributed by atoms with van der Waals surface area (Å²) in [6, 6.07) is 7.15. The molecule has 19 heavy (non-hydrogen) atoms. The van der Waals surface area contributed by atoms with Crippen molar-refractivity contribution in [3.8, 4) is 0 Å². The van der Waals surface area contributed by atoms with Gasteiger partial charge < -0.3 is 10.1 Å². The zero-order valence-corrected chi connectivity index (χ0v) is 10.8. The van der Waals surface area contributed by atoms with Crippen molar-refractivity contribution < 1.29 is 9.53 Å². The van der Waals surface area contributed by atoms with Gasteiger partial charge in [0, 0.05) is 18.1 Å². The molecule has 0 bridgehead atoms. The Hall–Kier alpha value is -2.43. The molecule has 0 aliphatic rings. The van der Waals surface area contributed by atoms with Crippen molar-refractivity contribution in [1.82, 2.24) is 9.97 Å². The Morgan fingerprint density at radius 2 is 2.11 bits per heavy atom. The molecule has 0 amide bonds. The summed E-state index contributed by atoms with van der Waals surface area (Å²) in [6.07, 6.45) is 4.96. The molecule has 1 N–H and O–H groups in total. The van der Waals surface area contributed by atoms with Crippen LogP contribution in [-0.2, 0) is 4.74 Å². The summed E-state index contributed by atoms with van der Waals surface area (Å²) in [7, 11) is 1.37. The summed E-state index contributed by atoms with van der Waals surface area (Å²) in [6.45, 7) is 1.96. The summed E-state index contributed by atoms with van der Waals surface area (Å²) in [4.78, 5) is 19.9. The van der Waals surface area contributed by atoms with Gasteiger partial charge in [0.2, 0.25) is 0 Å². The highest BCUT2D eigenvalue weighted by atomic mass is 16.5. The van der Waals surface area contributed by atoms with Gasteiger partial charge >= 0.3 is 5.97 Å². The lowest BCUT2D eigenvalue weighted by atomic mass is 10.1. The summed E-state index contributed by atoms with van der Waals surface area (Å²) in [5.74, 6) is -0.366. The zero-order chi connectivity index (χ0) is 13.7. The summed E-state index contributed by atoms with van der Waals surface area (Å²) < 4.78 is 4.76. The van der Waals surface area contributed by atoms with E-state index in [9.17, 15) is 4.79 Å². The first-order chi connectivity index (χ1) is 9.22. The summed E-state index contributed by atoms with van der Waals surface area (Å²) in [5.41, 5.74) is 2.02. The third-order valence-electron chi connectivity index (χ3n) is 2.73. The minimum Gasteiger partial charge on any atom is -0.465 e. The molecule has 2 aromatic rings. The van der Waals surface area contributed by atoms with Crippen LogP contribution in [0.3, 0.4) is 0 Å². The Morgan fingerprint density at radius 1 is 1.32 bits per heavy atom. The lowest BCUT2D eigenvalue weighted by Crippen LogP contribution is -2.12. The minimum absolute atomic E-state index is 0.0560. The molecule has 0 fully saturated rings. The van der Waals surface area contributed by atoms with E-state index in [0.717, 1.165) is 5.69 Å². The standard InChI is InChI=1S/C14H15N3O2/c1-10(13-9-15-7-8-16-13)17-12-6-4-3-5-11(12)14(18)19-2/h3-10,17H,1-2H3. The predicted octanol–water partition coefficient (Wildman–Crippen LogP) is 2.44. The zero-order valence-electron chi connectivity index (χ0n) is 10.8. The second-order valence-corrected chi connectivity index (χ2v) is 4.03. The van der Waals surface area contributed by atoms with Crippen molar-refractivity contribution in [2.75, 3.05) is 12.4 Å². The smallest absolute Gasteiger partial charge is 0.339 e. The van der Waals surface area contributed by atoms with Gasteiger partial charge in [-0.3, -0.25) is 9.97 Å². The number of para-hydroxylation sites is 1. The quantitative estimate of drug-likeness (QED) is 0.852. The van der Waals surface area contributed by atoms with E-state index >= 15 is 0 Å². The number of nitrogens with zero attached hydrogens (tertiary/aromatic N) is 2. The van der Waals surface area contributed by atoms with Gasteiger partial charge in [-0.25, -0.2) is 4.79 Å². The van der Waals surface area contributed by atoms with Gasteiger partial charge in [-0.2, -0.15) is 0 Å². The molecular weight excluding hydrogens is 242 g/mol. The van der Waals surface area contributed by atoms with E-state index < -0.39 is 0 Å². The van der Waals surface area contributed by atoms with Gasteiger partial charge in [-0.1, -0.05) is 12.1 Å². The normalized spacial score (nSPS) is 11.7. The van der Waals surface area contributed by atoms with E-state index in [0.29, 0.717) is 11.3 Å². The van der Waals surface area contributed by atoms with Crippen molar-refractivity contribution >= 4 is 11.7 Å². The maximum atomic E-state index is 11.7. The van der Waals surface area contributed by atoms with E-state index in [1.165, 1.54) is 7.11 Å². The number of esters is 1. The van der Waals surface area contributed by atoms with E-state index in [1.807, 2.05) is 19.1 Å². The van der Waals surface area contributed by atoms with Crippen LogP contribution >= 0.6 is 0 Å². The van der Waals surface area contributed by atoms with Crippen LogP contribution in [0.15, 0.2) is 42.9 Å². The van der Waals surface area contributed by atoms with Gasteiger partial charge in [-0.05, 0) is 19.1 Å². The molecule has 5 heteroatoms. The molecule has 1 aromatic heterocycles. The molecule has 0 saturated carbocycles. The number of ether oxygens (including phenoxy) is 1. The maximum Gasteiger partial charge on any atom is 0.339 e. The number of hydrogen-bond donors (Lipinski definition) is 1. The third kappa shape index (κ3) is 3.07. The first kappa shape index (κ1) is 13.0. The highest BCUT2D eigenvalue weighted by Gasteiger charge is 2.14. The molecular formula is C14H15N3O2. The molecule has 1 heterocycles. The number of benzene rings is 1. The molecule has 1 atom stereocenters. The molecule has 0 spiro atoms. The Balaban J connectivity index is 2.22. The highest BCUT2D eigenvalue weighted by Crippen LogP contribution is 2.21. The molecule has 1 unspecified atom stereocenters. The van der Waals surface area contributed by atoms with Crippen molar-refractivity contribution in [1.29, 1.82) is 0 Å². The van der Waals surface area contributed by atoms with Crippen LogP contribution in [0.1, 0.15) is 29.0 Å². The lowest BCUT2D eigenvalue weighted by Gasteiger charge is -2.16. The number of hydrogen-bond acceptors (Lipinski definition) is 5. The number of carbonyl (C=O) groups is 1. The van der Waals surface area contributed by atoms with E-state index in [-0.39, 0.29) is 12.0 Å². The first-order valence-electron chi connectivity index (χ1n) is 5.92. The Kier molecular flexibility index (Phi) is 4.07. The predicted molar refractivity (Wildman–Crippen MR) is 71.9 cm³/mol. The average Bonchev–Trinajstić information content (AvgIpc) is 2.48. The number of aromatic nitrogens is 2. The molecule has 0 aliphatic carbocycles. The number of carbonyl (C=O) groups excluding carboxylic acids is 1. The summed E-state index contributed by atoms with van der Waals surface area (Å²) >= 11 is 0. The monoisotopic (exact) mass is 257 g/mol. The molecule has 0 radical (unpaired) electrons. The largest absolute Gasteiger partial charge is 0.465 e. The molecule has 0 saturated heterocycles. The van der Waals surface area contributed by atoms with Gasteiger partial charge in [-0.15, -0.1) is 0 Å². The second-order valence-electron chi connectivity index (χ2n) is 4.03. The van der Waals surface area contributed by atoms with E-state index in [2.05, 4.69) is 15.3 Å². The van der Waals surface area contributed by atoms with Crippen LogP contribution in [0, 0.1) is 0 Å². The first-order valence-corrected chi connectivity index (χ1v) is 5.92. The van der Waals surface area contributed by atoms with Crippen molar-refractivity contribution in [3.05, 3.63) is 54.1 Å². The fourth-order valence-corrected chi connectivity index (χ4v) is 1.74. The van der Waals surface area contributed by atoms with E-state index in [4.69, 9.17) is 4.74 Å². The second kappa shape index (κ2) is 5.95. The van der Waals surface area contributed by atoms with Crippen LogP contribution in [0.25, 0.3) is 0 Å². The average molecular weight is 257 g/mol. The van der Waals surface area contributed by atoms with Crippen LogP contribution in [-0.4, -0.2) is 23.0 Å². The van der Waals surface area contributed by atoms with Gasteiger partial charge in [0.1, 0.15) is 0 Å².